The third-order valence-corrected chi connectivity index (χ3v) is 5.48. The molecule has 148 valence electrons. The molecular formula is C24H25N3O2. The van der Waals surface area contributed by atoms with Gasteiger partial charge >= 0.3 is 0 Å². The summed E-state index contributed by atoms with van der Waals surface area (Å²) >= 11 is 0. The summed E-state index contributed by atoms with van der Waals surface area (Å²) in [4.78, 5) is 25.7. The van der Waals surface area contributed by atoms with Crippen molar-refractivity contribution in [3.05, 3.63) is 77.4 Å². The minimum atomic E-state index is -0.153. The van der Waals surface area contributed by atoms with Crippen LogP contribution in [0.1, 0.15) is 39.1 Å². The van der Waals surface area contributed by atoms with Crippen molar-refractivity contribution in [2.75, 3.05) is 18.4 Å². The van der Waals surface area contributed by atoms with E-state index in [0.29, 0.717) is 16.8 Å². The van der Waals surface area contributed by atoms with Crippen LogP contribution in [0.25, 0.3) is 10.8 Å². The highest BCUT2D eigenvalue weighted by Crippen LogP contribution is 2.27. The standard InChI is InChI=1S/C24H25N3O2/c1-16-6-2-3-7-18(16)23(28)27-22-11-10-21(19-8-4-5-9-20(19)22)24(29)26-17-12-14-25-15-13-17/h2-11,17,25H,12-15H2,1H3,(H,26,29)(H,27,28). The van der Waals surface area contributed by atoms with Gasteiger partial charge in [-0.2, -0.15) is 0 Å². The quantitative estimate of drug-likeness (QED) is 0.636. The summed E-state index contributed by atoms with van der Waals surface area (Å²) in [6.07, 6.45) is 1.88. The average Bonchev–Trinajstić information content (AvgIpc) is 2.75. The third-order valence-electron chi connectivity index (χ3n) is 5.48. The zero-order valence-electron chi connectivity index (χ0n) is 16.5. The SMILES string of the molecule is Cc1ccccc1C(=O)Nc1ccc(C(=O)NC2CCNCC2)c2ccccc12. The molecule has 0 aliphatic carbocycles. The van der Waals surface area contributed by atoms with E-state index in [1.165, 1.54) is 0 Å². The molecule has 0 aromatic heterocycles. The number of carbonyl (C=O) groups is 2. The van der Waals surface area contributed by atoms with Crippen molar-refractivity contribution in [1.29, 1.82) is 0 Å². The number of nitrogens with one attached hydrogen (secondary N) is 3. The van der Waals surface area contributed by atoms with Crippen LogP contribution >= 0.6 is 0 Å². The Balaban J connectivity index is 1.62. The molecule has 3 aromatic carbocycles. The van der Waals surface area contributed by atoms with Crippen molar-refractivity contribution in [2.45, 2.75) is 25.8 Å². The number of fused-ring (bicyclic) bond motifs is 1. The molecule has 5 heteroatoms. The first-order valence-corrected chi connectivity index (χ1v) is 10.0. The molecule has 29 heavy (non-hydrogen) atoms. The van der Waals surface area contributed by atoms with Crippen LogP contribution in [-0.4, -0.2) is 30.9 Å². The van der Waals surface area contributed by atoms with Crippen LogP contribution < -0.4 is 16.0 Å². The topological polar surface area (TPSA) is 70.2 Å². The van der Waals surface area contributed by atoms with Gasteiger partial charge in [0.25, 0.3) is 11.8 Å². The Hall–Kier alpha value is -3.18. The molecule has 0 atom stereocenters. The van der Waals surface area contributed by atoms with Crippen LogP contribution in [0.4, 0.5) is 5.69 Å². The summed E-state index contributed by atoms with van der Waals surface area (Å²) in [5, 5.41) is 11.2. The number of hydrogen-bond donors (Lipinski definition) is 3. The molecule has 5 nitrogen and oxygen atoms in total. The zero-order chi connectivity index (χ0) is 20.2. The van der Waals surface area contributed by atoms with Crippen LogP contribution in [0.5, 0.6) is 0 Å². The minimum absolute atomic E-state index is 0.0649. The predicted octanol–water partition coefficient (Wildman–Crippen LogP) is 3.88. The van der Waals surface area contributed by atoms with Gasteiger partial charge in [0.1, 0.15) is 0 Å². The first-order valence-electron chi connectivity index (χ1n) is 10.0. The Morgan fingerprint density at radius 2 is 1.52 bits per heavy atom. The number of benzene rings is 3. The molecule has 1 heterocycles. The van der Waals surface area contributed by atoms with Crippen molar-refractivity contribution < 1.29 is 9.59 Å². The zero-order valence-corrected chi connectivity index (χ0v) is 16.5. The molecule has 3 N–H and O–H groups in total. The molecule has 0 saturated carbocycles. The second-order valence-electron chi connectivity index (χ2n) is 7.47. The van der Waals surface area contributed by atoms with Crippen molar-refractivity contribution in [3.63, 3.8) is 0 Å². The van der Waals surface area contributed by atoms with Crippen LogP contribution in [-0.2, 0) is 0 Å². The number of hydrogen-bond acceptors (Lipinski definition) is 3. The smallest absolute Gasteiger partial charge is 0.255 e. The van der Waals surface area contributed by atoms with E-state index in [4.69, 9.17) is 0 Å². The molecule has 1 aliphatic rings. The lowest BCUT2D eigenvalue weighted by molar-refractivity contribution is 0.0930. The largest absolute Gasteiger partial charge is 0.349 e. The van der Waals surface area contributed by atoms with Gasteiger partial charge in [-0.15, -0.1) is 0 Å². The maximum absolute atomic E-state index is 12.9. The summed E-state index contributed by atoms with van der Waals surface area (Å²) in [7, 11) is 0. The third kappa shape index (κ3) is 4.15. The second-order valence-corrected chi connectivity index (χ2v) is 7.47. The molecular weight excluding hydrogens is 362 g/mol. The maximum Gasteiger partial charge on any atom is 0.255 e. The highest BCUT2D eigenvalue weighted by molar-refractivity contribution is 6.14. The summed E-state index contributed by atoms with van der Waals surface area (Å²) in [5.41, 5.74) is 2.90. The van der Waals surface area contributed by atoms with E-state index >= 15 is 0 Å². The second kappa shape index (κ2) is 8.45. The Morgan fingerprint density at radius 1 is 0.828 bits per heavy atom. The van der Waals surface area contributed by atoms with Crippen molar-refractivity contribution >= 4 is 28.3 Å². The van der Waals surface area contributed by atoms with E-state index in [-0.39, 0.29) is 17.9 Å². The fraction of sp³-hybridized carbons (Fsp3) is 0.250. The highest BCUT2D eigenvalue weighted by Gasteiger charge is 2.19. The van der Waals surface area contributed by atoms with Gasteiger partial charge < -0.3 is 16.0 Å². The molecule has 3 aromatic rings. The van der Waals surface area contributed by atoms with Crippen molar-refractivity contribution in [3.8, 4) is 0 Å². The molecule has 1 saturated heterocycles. The molecule has 0 spiro atoms. The number of amides is 2. The van der Waals surface area contributed by atoms with Gasteiger partial charge in [-0.05, 0) is 62.0 Å². The van der Waals surface area contributed by atoms with E-state index in [1.54, 1.807) is 6.07 Å². The Morgan fingerprint density at radius 3 is 2.28 bits per heavy atom. The lowest BCUT2D eigenvalue weighted by Gasteiger charge is -2.24. The highest BCUT2D eigenvalue weighted by atomic mass is 16.2. The Labute approximate surface area is 170 Å². The predicted molar refractivity (Wildman–Crippen MR) is 116 cm³/mol. The van der Waals surface area contributed by atoms with Gasteiger partial charge in [-0.1, -0.05) is 42.5 Å². The van der Waals surface area contributed by atoms with E-state index in [1.807, 2.05) is 61.5 Å². The molecule has 1 aliphatic heterocycles. The monoisotopic (exact) mass is 387 g/mol. The van der Waals surface area contributed by atoms with Gasteiger partial charge in [0.15, 0.2) is 0 Å². The van der Waals surface area contributed by atoms with Crippen molar-refractivity contribution in [1.82, 2.24) is 10.6 Å². The van der Waals surface area contributed by atoms with Gasteiger partial charge in [0, 0.05) is 28.2 Å². The fourth-order valence-electron chi connectivity index (χ4n) is 3.85. The molecule has 0 unspecified atom stereocenters. The summed E-state index contributed by atoms with van der Waals surface area (Å²) in [6.45, 7) is 3.77. The summed E-state index contributed by atoms with van der Waals surface area (Å²) in [6, 6.07) is 19.0. The van der Waals surface area contributed by atoms with E-state index in [0.717, 1.165) is 42.3 Å². The van der Waals surface area contributed by atoms with Crippen molar-refractivity contribution in [2.24, 2.45) is 0 Å². The van der Waals surface area contributed by atoms with Gasteiger partial charge in [0.05, 0.1) is 0 Å². The summed E-state index contributed by atoms with van der Waals surface area (Å²) in [5.74, 6) is -0.218. The van der Waals surface area contributed by atoms with E-state index in [9.17, 15) is 9.59 Å². The molecule has 0 bridgehead atoms. The van der Waals surface area contributed by atoms with Crippen LogP contribution in [0.15, 0.2) is 60.7 Å². The van der Waals surface area contributed by atoms with Gasteiger partial charge in [-0.25, -0.2) is 0 Å². The lowest BCUT2D eigenvalue weighted by Crippen LogP contribution is -2.42. The summed E-state index contributed by atoms with van der Waals surface area (Å²) < 4.78 is 0. The number of aryl methyl sites for hydroxylation is 1. The normalized spacial score (nSPS) is 14.5. The molecule has 2 amide bonds. The Kier molecular flexibility index (Phi) is 5.58. The van der Waals surface area contributed by atoms with E-state index < -0.39 is 0 Å². The average molecular weight is 387 g/mol. The number of carbonyl (C=O) groups excluding carboxylic acids is 2. The number of rotatable bonds is 4. The van der Waals surface area contributed by atoms with Crippen LogP contribution in [0.2, 0.25) is 0 Å². The first kappa shape index (κ1) is 19.2. The van der Waals surface area contributed by atoms with Gasteiger partial charge in [0.2, 0.25) is 0 Å². The van der Waals surface area contributed by atoms with Crippen LogP contribution in [0.3, 0.4) is 0 Å². The number of piperidine rings is 1. The number of anilines is 1. The molecule has 4 rings (SSSR count). The minimum Gasteiger partial charge on any atom is -0.349 e. The Bertz CT molecular complexity index is 1050. The van der Waals surface area contributed by atoms with Gasteiger partial charge in [-0.3, -0.25) is 9.59 Å². The lowest BCUT2D eigenvalue weighted by atomic mass is 10.0. The molecule has 1 fully saturated rings. The van der Waals surface area contributed by atoms with Crippen LogP contribution in [0, 0.1) is 6.92 Å². The first-order chi connectivity index (χ1) is 14.1. The maximum atomic E-state index is 12.9. The fourth-order valence-corrected chi connectivity index (χ4v) is 3.85. The van der Waals surface area contributed by atoms with E-state index in [2.05, 4.69) is 16.0 Å². The molecule has 0 radical (unpaired) electrons.